The highest BCUT2D eigenvalue weighted by molar-refractivity contribution is 5.94. The van der Waals surface area contributed by atoms with E-state index < -0.39 is 0 Å². The van der Waals surface area contributed by atoms with Crippen LogP contribution >= 0.6 is 0 Å². The molecule has 0 atom stereocenters. The molecular weight excluding hydrogens is 285 g/mol. The predicted molar refractivity (Wildman–Crippen MR) is 77.2 cm³/mol. The van der Waals surface area contributed by atoms with E-state index >= 15 is 0 Å². The van der Waals surface area contributed by atoms with Gasteiger partial charge in [0.15, 0.2) is 5.82 Å². The summed E-state index contributed by atoms with van der Waals surface area (Å²) in [7, 11) is 0. The van der Waals surface area contributed by atoms with E-state index in [1.165, 1.54) is 30.6 Å². The van der Waals surface area contributed by atoms with Gasteiger partial charge in [0, 0.05) is 18.3 Å². The molecule has 2 aromatic heterocycles. The minimum absolute atomic E-state index is 0.265. The van der Waals surface area contributed by atoms with Crippen LogP contribution in [0.5, 0.6) is 0 Å². The summed E-state index contributed by atoms with van der Waals surface area (Å²) in [5, 5.41) is 9.24. The van der Waals surface area contributed by atoms with E-state index in [0.29, 0.717) is 23.6 Å². The van der Waals surface area contributed by atoms with Crippen molar-refractivity contribution in [1.29, 1.82) is 0 Å². The van der Waals surface area contributed by atoms with Gasteiger partial charge in [0.05, 0.1) is 0 Å². The SMILES string of the molecule is O=C(NCc1ccc(-c2ncn[nH]2)nc1)c1ccc(F)cc1. The highest BCUT2D eigenvalue weighted by Gasteiger charge is 2.06. The number of amides is 1. The van der Waals surface area contributed by atoms with Crippen molar-refractivity contribution in [3.8, 4) is 11.5 Å². The molecule has 7 heteroatoms. The van der Waals surface area contributed by atoms with Crippen LogP contribution in [-0.4, -0.2) is 26.1 Å². The first-order chi connectivity index (χ1) is 10.7. The van der Waals surface area contributed by atoms with Crippen LogP contribution < -0.4 is 5.32 Å². The molecule has 2 N–H and O–H groups in total. The van der Waals surface area contributed by atoms with Gasteiger partial charge in [-0.05, 0) is 35.9 Å². The fraction of sp³-hybridized carbons (Fsp3) is 0.0667. The van der Waals surface area contributed by atoms with Crippen LogP contribution in [0.25, 0.3) is 11.5 Å². The number of carbonyl (C=O) groups is 1. The van der Waals surface area contributed by atoms with Gasteiger partial charge in [-0.3, -0.25) is 14.9 Å². The second-order valence-corrected chi connectivity index (χ2v) is 4.58. The second-order valence-electron chi connectivity index (χ2n) is 4.58. The molecule has 2 heterocycles. The van der Waals surface area contributed by atoms with Gasteiger partial charge in [-0.1, -0.05) is 6.07 Å². The van der Waals surface area contributed by atoms with Gasteiger partial charge in [0.25, 0.3) is 5.91 Å². The molecule has 1 amide bonds. The van der Waals surface area contributed by atoms with Crippen LogP contribution in [0.3, 0.4) is 0 Å². The van der Waals surface area contributed by atoms with Gasteiger partial charge >= 0.3 is 0 Å². The summed E-state index contributed by atoms with van der Waals surface area (Å²) in [5.41, 5.74) is 1.93. The predicted octanol–water partition coefficient (Wildman–Crippen LogP) is 1.94. The van der Waals surface area contributed by atoms with Crippen molar-refractivity contribution >= 4 is 5.91 Å². The van der Waals surface area contributed by atoms with E-state index in [-0.39, 0.29) is 11.7 Å². The van der Waals surface area contributed by atoms with Crippen molar-refractivity contribution < 1.29 is 9.18 Å². The lowest BCUT2D eigenvalue weighted by molar-refractivity contribution is 0.0951. The molecule has 0 unspecified atom stereocenters. The maximum Gasteiger partial charge on any atom is 0.251 e. The highest BCUT2D eigenvalue weighted by atomic mass is 19.1. The first-order valence-corrected chi connectivity index (χ1v) is 6.57. The number of carbonyl (C=O) groups excluding carboxylic acids is 1. The van der Waals surface area contributed by atoms with E-state index in [0.717, 1.165) is 5.56 Å². The zero-order chi connectivity index (χ0) is 15.4. The van der Waals surface area contributed by atoms with Crippen LogP contribution in [0.2, 0.25) is 0 Å². The number of hydrogen-bond acceptors (Lipinski definition) is 4. The Hall–Kier alpha value is -3.09. The molecule has 0 aliphatic heterocycles. The van der Waals surface area contributed by atoms with Gasteiger partial charge < -0.3 is 5.32 Å². The molecule has 6 nitrogen and oxygen atoms in total. The number of nitrogens with one attached hydrogen (secondary N) is 2. The summed E-state index contributed by atoms with van der Waals surface area (Å²) in [4.78, 5) is 20.2. The summed E-state index contributed by atoms with van der Waals surface area (Å²) >= 11 is 0. The highest BCUT2D eigenvalue weighted by Crippen LogP contribution is 2.10. The normalized spacial score (nSPS) is 10.4. The molecule has 0 radical (unpaired) electrons. The largest absolute Gasteiger partial charge is 0.348 e. The molecular formula is C15H12FN5O. The zero-order valence-corrected chi connectivity index (χ0v) is 11.5. The Bertz CT molecular complexity index is 754. The molecule has 0 bridgehead atoms. The van der Waals surface area contributed by atoms with Crippen molar-refractivity contribution in [2.45, 2.75) is 6.54 Å². The number of H-pyrrole nitrogens is 1. The van der Waals surface area contributed by atoms with Gasteiger partial charge in [-0.15, -0.1) is 0 Å². The Morgan fingerprint density at radius 2 is 1.95 bits per heavy atom. The Kier molecular flexibility index (Phi) is 3.86. The minimum atomic E-state index is -0.372. The molecule has 3 rings (SSSR count). The summed E-state index contributed by atoms with van der Waals surface area (Å²) in [5.74, 6) is -0.0510. The third-order valence-corrected chi connectivity index (χ3v) is 3.04. The van der Waals surface area contributed by atoms with Crippen molar-refractivity contribution in [3.05, 3.63) is 65.9 Å². The summed E-state index contributed by atoms with van der Waals surface area (Å²) in [6.07, 6.45) is 3.07. The number of benzene rings is 1. The number of rotatable bonds is 4. The second kappa shape index (κ2) is 6.13. The first-order valence-electron chi connectivity index (χ1n) is 6.57. The topological polar surface area (TPSA) is 83.6 Å². The fourth-order valence-electron chi connectivity index (χ4n) is 1.88. The van der Waals surface area contributed by atoms with Crippen LogP contribution in [0.1, 0.15) is 15.9 Å². The van der Waals surface area contributed by atoms with Crippen LogP contribution in [-0.2, 0) is 6.54 Å². The number of aromatic amines is 1. The summed E-state index contributed by atoms with van der Waals surface area (Å²) in [6, 6.07) is 9.02. The van der Waals surface area contributed by atoms with Crippen molar-refractivity contribution in [3.63, 3.8) is 0 Å². The molecule has 0 spiro atoms. The number of halogens is 1. The molecule has 110 valence electrons. The van der Waals surface area contributed by atoms with Crippen molar-refractivity contribution in [1.82, 2.24) is 25.5 Å². The minimum Gasteiger partial charge on any atom is -0.348 e. The van der Waals surface area contributed by atoms with Gasteiger partial charge in [0.2, 0.25) is 0 Å². The van der Waals surface area contributed by atoms with E-state index in [4.69, 9.17) is 0 Å². The van der Waals surface area contributed by atoms with Crippen molar-refractivity contribution in [2.24, 2.45) is 0 Å². The summed E-state index contributed by atoms with van der Waals surface area (Å²) < 4.78 is 12.8. The average molecular weight is 297 g/mol. The fourth-order valence-corrected chi connectivity index (χ4v) is 1.88. The Labute approximate surface area is 125 Å². The molecule has 3 aromatic rings. The lowest BCUT2D eigenvalue weighted by Crippen LogP contribution is -2.22. The number of pyridine rings is 1. The molecule has 0 fully saturated rings. The smallest absolute Gasteiger partial charge is 0.251 e. The third-order valence-electron chi connectivity index (χ3n) is 3.04. The lowest BCUT2D eigenvalue weighted by atomic mass is 10.2. The quantitative estimate of drug-likeness (QED) is 0.771. The zero-order valence-electron chi connectivity index (χ0n) is 11.5. The molecule has 1 aromatic carbocycles. The van der Waals surface area contributed by atoms with E-state index in [1.54, 1.807) is 12.3 Å². The maximum absolute atomic E-state index is 12.8. The van der Waals surface area contributed by atoms with Crippen LogP contribution in [0.4, 0.5) is 4.39 Å². The Balaban J connectivity index is 1.61. The van der Waals surface area contributed by atoms with E-state index in [2.05, 4.69) is 25.5 Å². The standard InChI is InChI=1S/C15H12FN5O/c16-12-4-2-11(3-5-12)15(22)18-8-10-1-6-13(17-7-10)14-19-9-20-21-14/h1-7,9H,8H2,(H,18,22)(H,19,20,21). The van der Waals surface area contributed by atoms with E-state index in [1.807, 2.05) is 6.07 Å². The molecule has 0 aliphatic rings. The van der Waals surface area contributed by atoms with Crippen LogP contribution in [0, 0.1) is 5.82 Å². The number of hydrogen-bond donors (Lipinski definition) is 2. The van der Waals surface area contributed by atoms with Gasteiger partial charge in [-0.25, -0.2) is 9.37 Å². The molecule has 0 saturated heterocycles. The van der Waals surface area contributed by atoms with Gasteiger partial charge in [0.1, 0.15) is 17.8 Å². The first kappa shape index (κ1) is 13.9. The molecule has 22 heavy (non-hydrogen) atoms. The summed E-state index contributed by atoms with van der Waals surface area (Å²) in [6.45, 7) is 0.333. The maximum atomic E-state index is 12.8. The number of nitrogens with zero attached hydrogens (tertiary/aromatic N) is 3. The monoisotopic (exact) mass is 297 g/mol. The Morgan fingerprint density at radius 3 is 2.59 bits per heavy atom. The molecule has 0 saturated carbocycles. The van der Waals surface area contributed by atoms with Crippen molar-refractivity contribution in [2.75, 3.05) is 0 Å². The third kappa shape index (κ3) is 3.14. The van der Waals surface area contributed by atoms with Crippen LogP contribution in [0.15, 0.2) is 48.9 Å². The Morgan fingerprint density at radius 1 is 1.14 bits per heavy atom. The van der Waals surface area contributed by atoms with E-state index in [9.17, 15) is 9.18 Å². The number of aromatic nitrogens is 4. The lowest BCUT2D eigenvalue weighted by Gasteiger charge is -2.05. The average Bonchev–Trinajstić information content (AvgIpc) is 3.08. The van der Waals surface area contributed by atoms with Gasteiger partial charge in [-0.2, -0.15) is 5.10 Å². The molecule has 0 aliphatic carbocycles.